The van der Waals surface area contributed by atoms with E-state index in [-0.39, 0.29) is 0 Å². The summed E-state index contributed by atoms with van der Waals surface area (Å²) in [6.07, 6.45) is 3.93. The highest BCUT2D eigenvalue weighted by molar-refractivity contribution is 6.62. The zero-order valence-electron chi connectivity index (χ0n) is 19.6. The Bertz CT molecular complexity index is 1110. The standard InChI is InChI=1S/C28H29BN2O2/c1-26(2)27(3,4)33-29(32-26)25-20-30-31(21-25)28(22-14-8-5-9-15-22,23-16-10-6-11-17-23)24-18-12-7-13-19-24/h5-21H,1-4H3. The van der Waals surface area contributed by atoms with Gasteiger partial charge in [-0.1, -0.05) is 91.0 Å². The van der Waals surface area contributed by atoms with Crippen LogP contribution in [0.1, 0.15) is 44.4 Å². The lowest BCUT2D eigenvalue weighted by atomic mass is 9.76. The molecular formula is C28H29BN2O2. The zero-order valence-corrected chi connectivity index (χ0v) is 19.6. The van der Waals surface area contributed by atoms with E-state index < -0.39 is 23.9 Å². The van der Waals surface area contributed by atoms with Crippen molar-refractivity contribution in [1.29, 1.82) is 0 Å². The minimum absolute atomic E-state index is 0.408. The maximum absolute atomic E-state index is 6.32. The van der Waals surface area contributed by atoms with E-state index in [2.05, 4.69) is 107 Å². The second-order valence-electron chi connectivity index (χ2n) is 9.61. The molecule has 4 nitrogen and oxygen atoms in total. The fourth-order valence-corrected chi connectivity index (χ4v) is 4.56. The lowest BCUT2D eigenvalue weighted by Crippen LogP contribution is -2.41. The molecule has 0 radical (unpaired) electrons. The van der Waals surface area contributed by atoms with E-state index >= 15 is 0 Å². The summed E-state index contributed by atoms with van der Waals surface area (Å²) in [7, 11) is -0.469. The van der Waals surface area contributed by atoms with Crippen LogP contribution in [0.4, 0.5) is 0 Å². The third kappa shape index (κ3) is 3.52. The minimum Gasteiger partial charge on any atom is -0.399 e. The molecule has 5 heteroatoms. The number of hydrogen-bond donors (Lipinski definition) is 0. The highest BCUT2D eigenvalue weighted by atomic mass is 16.7. The normalized spacial score (nSPS) is 17.3. The second-order valence-corrected chi connectivity index (χ2v) is 9.61. The first-order valence-electron chi connectivity index (χ1n) is 11.4. The van der Waals surface area contributed by atoms with Crippen molar-refractivity contribution in [2.45, 2.75) is 44.4 Å². The third-order valence-electron chi connectivity index (χ3n) is 7.05. The van der Waals surface area contributed by atoms with Crippen molar-refractivity contribution in [3.63, 3.8) is 0 Å². The van der Waals surface area contributed by atoms with Gasteiger partial charge in [0.2, 0.25) is 0 Å². The van der Waals surface area contributed by atoms with Gasteiger partial charge in [-0.25, -0.2) is 0 Å². The summed E-state index contributed by atoms with van der Waals surface area (Å²) in [5.41, 5.74) is 2.83. The van der Waals surface area contributed by atoms with Gasteiger partial charge in [0, 0.05) is 17.9 Å². The van der Waals surface area contributed by atoms with Gasteiger partial charge in [0.15, 0.2) is 0 Å². The van der Waals surface area contributed by atoms with Gasteiger partial charge in [-0.15, -0.1) is 0 Å². The summed E-state index contributed by atoms with van der Waals surface area (Å²) in [6, 6.07) is 31.6. The molecule has 1 aliphatic rings. The number of hydrogen-bond acceptors (Lipinski definition) is 3. The van der Waals surface area contributed by atoms with Crippen LogP contribution in [0, 0.1) is 0 Å². The molecule has 1 saturated heterocycles. The van der Waals surface area contributed by atoms with Crippen LogP contribution >= 0.6 is 0 Å². The molecule has 0 aliphatic carbocycles. The van der Waals surface area contributed by atoms with Gasteiger partial charge in [0.05, 0.1) is 11.2 Å². The molecule has 0 saturated carbocycles. The van der Waals surface area contributed by atoms with Crippen molar-refractivity contribution < 1.29 is 9.31 Å². The fourth-order valence-electron chi connectivity index (χ4n) is 4.56. The molecule has 0 N–H and O–H groups in total. The van der Waals surface area contributed by atoms with Crippen molar-refractivity contribution in [2.75, 3.05) is 0 Å². The first kappa shape index (κ1) is 21.7. The largest absolute Gasteiger partial charge is 0.498 e. The van der Waals surface area contributed by atoms with E-state index in [1.165, 1.54) is 0 Å². The summed E-state index contributed by atoms with van der Waals surface area (Å²) >= 11 is 0. The third-order valence-corrected chi connectivity index (χ3v) is 7.05. The molecule has 0 atom stereocenters. The number of nitrogens with zero attached hydrogens (tertiary/aromatic N) is 2. The van der Waals surface area contributed by atoms with E-state index in [4.69, 9.17) is 14.4 Å². The van der Waals surface area contributed by atoms with Gasteiger partial charge in [-0.05, 0) is 44.4 Å². The molecule has 1 fully saturated rings. The summed E-state index contributed by atoms with van der Waals surface area (Å²) in [6.45, 7) is 8.28. The van der Waals surface area contributed by atoms with Crippen LogP contribution in [0.3, 0.4) is 0 Å². The lowest BCUT2D eigenvalue weighted by Gasteiger charge is -2.36. The van der Waals surface area contributed by atoms with E-state index in [9.17, 15) is 0 Å². The summed E-state index contributed by atoms with van der Waals surface area (Å²) < 4.78 is 14.7. The Labute approximate surface area is 196 Å². The molecule has 5 rings (SSSR count). The smallest absolute Gasteiger partial charge is 0.399 e. The van der Waals surface area contributed by atoms with Crippen LogP contribution in [0.2, 0.25) is 0 Å². The molecule has 1 aliphatic heterocycles. The Hall–Kier alpha value is -3.15. The van der Waals surface area contributed by atoms with Gasteiger partial charge in [0.25, 0.3) is 0 Å². The highest BCUT2D eigenvalue weighted by Gasteiger charge is 2.52. The maximum atomic E-state index is 6.32. The van der Waals surface area contributed by atoms with E-state index in [0.29, 0.717) is 0 Å². The maximum Gasteiger partial charge on any atom is 0.498 e. The van der Waals surface area contributed by atoms with Gasteiger partial charge >= 0.3 is 7.12 Å². The quantitative estimate of drug-likeness (QED) is 0.326. The SMILES string of the molecule is CC1(C)OB(c2cnn(C(c3ccccc3)(c3ccccc3)c3ccccc3)c2)OC1(C)C. The predicted octanol–water partition coefficient (Wildman–Crippen LogP) is 5.02. The summed E-state index contributed by atoms with van der Waals surface area (Å²) in [5.74, 6) is 0. The van der Waals surface area contributed by atoms with Gasteiger partial charge in [-0.3, -0.25) is 4.68 Å². The monoisotopic (exact) mass is 436 g/mol. The molecule has 3 aromatic carbocycles. The molecule has 33 heavy (non-hydrogen) atoms. The summed E-state index contributed by atoms with van der Waals surface area (Å²) in [4.78, 5) is 0. The Morgan fingerprint density at radius 3 is 1.45 bits per heavy atom. The Balaban J connectivity index is 1.72. The molecule has 166 valence electrons. The molecule has 4 aromatic rings. The zero-order chi connectivity index (χ0) is 23.1. The van der Waals surface area contributed by atoms with Crippen molar-refractivity contribution in [3.05, 3.63) is 120 Å². The second kappa shape index (κ2) is 8.01. The highest BCUT2D eigenvalue weighted by Crippen LogP contribution is 2.40. The molecule has 2 heterocycles. The van der Waals surface area contributed by atoms with Crippen molar-refractivity contribution >= 4 is 12.6 Å². The van der Waals surface area contributed by atoms with E-state index in [1.807, 2.05) is 29.1 Å². The Morgan fingerprint density at radius 2 is 1.06 bits per heavy atom. The number of aromatic nitrogens is 2. The van der Waals surface area contributed by atoms with Crippen molar-refractivity contribution in [3.8, 4) is 0 Å². The molecule has 1 aromatic heterocycles. The van der Waals surface area contributed by atoms with Crippen molar-refractivity contribution in [2.24, 2.45) is 0 Å². The molecular weight excluding hydrogens is 407 g/mol. The topological polar surface area (TPSA) is 36.3 Å². The molecule has 0 unspecified atom stereocenters. The number of benzene rings is 3. The fraction of sp³-hybridized carbons (Fsp3) is 0.250. The van der Waals surface area contributed by atoms with Crippen LogP contribution in [-0.2, 0) is 14.8 Å². The first-order chi connectivity index (χ1) is 15.8. The first-order valence-corrected chi connectivity index (χ1v) is 11.4. The average Bonchev–Trinajstić information content (AvgIpc) is 3.39. The molecule has 0 bridgehead atoms. The van der Waals surface area contributed by atoms with Crippen LogP contribution in [-0.4, -0.2) is 28.1 Å². The minimum atomic E-state index is -0.647. The van der Waals surface area contributed by atoms with Gasteiger partial charge in [0.1, 0.15) is 5.54 Å². The van der Waals surface area contributed by atoms with Crippen LogP contribution < -0.4 is 5.46 Å². The Kier molecular flexibility index (Phi) is 5.27. The van der Waals surface area contributed by atoms with Gasteiger partial charge < -0.3 is 9.31 Å². The summed E-state index contributed by atoms with van der Waals surface area (Å²) in [5, 5.41) is 4.91. The Morgan fingerprint density at radius 1 is 0.667 bits per heavy atom. The van der Waals surface area contributed by atoms with E-state index in [1.54, 1.807) is 0 Å². The van der Waals surface area contributed by atoms with Gasteiger partial charge in [-0.2, -0.15) is 5.10 Å². The molecule has 0 spiro atoms. The van der Waals surface area contributed by atoms with E-state index in [0.717, 1.165) is 22.2 Å². The van der Waals surface area contributed by atoms with Crippen molar-refractivity contribution in [1.82, 2.24) is 9.78 Å². The average molecular weight is 436 g/mol. The number of rotatable bonds is 5. The van der Waals surface area contributed by atoms with Crippen LogP contribution in [0.5, 0.6) is 0 Å². The predicted molar refractivity (Wildman–Crippen MR) is 133 cm³/mol. The molecule has 0 amide bonds. The lowest BCUT2D eigenvalue weighted by molar-refractivity contribution is 0.00578. The van der Waals surface area contributed by atoms with Crippen LogP contribution in [0.25, 0.3) is 0 Å². The van der Waals surface area contributed by atoms with Crippen LogP contribution in [0.15, 0.2) is 103 Å².